The van der Waals surface area contributed by atoms with Gasteiger partial charge in [-0.05, 0) is 35.6 Å². The summed E-state index contributed by atoms with van der Waals surface area (Å²) in [5, 5.41) is 27.0. The Morgan fingerprint density at radius 3 is 2.20 bits per heavy atom. The molecule has 2 rings (SSSR count). The first-order valence-electron chi connectivity index (χ1n) is 8.04. The Kier molecular flexibility index (Phi) is 8.82. The predicted octanol–water partition coefficient (Wildman–Crippen LogP) is 3.99. The van der Waals surface area contributed by atoms with Crippen molar-refractivity contribution in [2.24, 2.45) is 0 Å². The molecule has 0 atom stereocenters. The van der Waals surface area contributed by atoms with Crippen LogP contribution >= 0.6 is 0 Å². The number of halogens is 2. The molecule has 0 fully saturated rings. The van der Waals surface area contributed by atoms with Crippen molar-refractivity contribution in [3.63, 3.8) is 0 Å². The number of anilines is 1. The van der Waals surface area contributed by atoms with E-state index in [9.17, 15) is 8.78 Å². The Hall–Kier alpha value is -2.43. The predicted molar refractivity (Wildman–Crippen MR) is 94.0 cm³/mol. The average molecular weight is 354 g/mol. The first kappa shape index (κ1) is 22.6. The Labute approximate surface area is 146 Å². The van der Waals surface area contributed by atoms with Crippen molar-refractivity contribution in [2.45, 2.75) is 47.3 Å². The molecular formula is C18H24F2N2O3. The van der Waals surface area contributed by atoms with Gasteiger partial charge in [0.05, 0.1) is 0 Å². The number of benzene rings is 2. The minimum Gasteiger partial charge on any atom is -0.411 e. The van der Waals surface area contributed by atoms with Gasteiger partial charge < -0.3 is 20.7 Å². The van der Waals surface area contributed by atoms with E-state index in [0.717, 1.165) is 6.07 Å². The lowest BCUT2D eigenvalue weighted by molar-refractivity contribution is -0.375. The number of nitrogens with two attached hydrogens (primary N) is 1. The Balaban J connectivity index is 0.00000134. The number of nitrogens with zero attached hydrogens (tertiary/aromatic N) is 1. The number of aliphatic hydroxyl groups is 2. The van der Waals surface area contributed by atoms with Crippen LogP contribution < -0.4 is 10.5 Å². The van der Waals surface area contributed by atoms with Crippen molar-refractivity contribution in [3.05, 3.63) is 35.1 Å². The average Bonchev–Trinajstić information content (AvgIpc) is 2.56. The summed E-state index contributed by atoms with van der Waals surface area (Å²) >= 11 is 0. The highest BCUT2D eigenvalue weighted by Gasteiger charge is 2.29. The number of ether oxygens (including phenoxy) is 1. The highest BCUT2D eigenvalue weighted by atomic mass is 19.2. The van der Waals surface area contributed by atoms with Gasteiger partial charge in [0, 0.05) is 11.1 Å². The second-order valence-corrected chi connectivity index (χ2v) is 4.44. The van der Waals surface area contributed by atoms with Crippen molar-refractivity contribution >= 4 is 16.5 Å². The smallest absolute Gasteiger partial charge is 0.411 e. The van der Waals surface area contributed by atoms with E-state index >= 15 is 0 Å². The third kappa shape index (κ3) is 5.55. The van der Waals surface area contributed by atoms with Crippen LogP contribution in [0, 0.1) is 17.1 Å². The third-order valence-corrected chi connectivity index (χ3v) is 2.97. The van der Waals surface area contributed by atoms with Crippen molar-refractivity contribution in [1.29, 1.82) is 5.26 Å². The fourth-order valence-electron chi connectivity index (χ4n) is 2.20. The quantitative estimate of drug-likeness (QED) is 0.572. The highest BCUT2D eigenvalue weighted by Crippen LogP contribution is 2.37. The summed E-state index contributed by atoms with van der Waals surface area (Å²) in [7, 11) is 0. The molecule has 2 aromatic carbocycles. The van der Waals surface area contributed by atoms with Crippen LogP contribution in [-0.2, 0) is 6.42 Å². The third-order valence-electron chi connectivity index (χ3n) is 2.97. The van der Waals surface area contributed by atoms with Crippen molar-refractivity contribution in [1.82, 2.24) is 0 Å². The maximum Gasteiger partial charge on any atom is 0.492 e. The molecule has 0 heterocycles. The molecule has 4 N–H and O–H groups in total. The minimum absolute atomic E-state index is 0.203. The molecule has 0 amide bonds. The molecule has 0 bridgehead atoms. The molecular weight excluding hydrogens is 330 g/mol. The van der Waals surface area contributed by atoms with E-state index in [2.05, 4.69) is 4.74 Å². The fourth-order valence-corrected chi connectivity index (χ4v) is 2.20. The van der Waals surface area contributed by atoms with Crippen LogP contribution in [0.1, 0.15) is 45.7 Å². The summed E-state index contributed by atoms with van der Waals surface area (Å²) in [6.45, 7) is 9.77. The van der Waals surface area contributed by atoms with Crippen LogP contribution in [0.4, 0.5) is 14.5 Å². The van der Waals surface area contributed by atoms with Crippen molar-refractivity contribution < 1.29 is 23.7 Å². The van der Waals surface area contributed by atoms with Gasteiger partial charge >= 0.3 is 6.23 Å². The molecule has 0 aliphatic rings. The monoisotopic (exact) mass is 354 g/mol. The normalized spacial score (nSPS) is 10.1. The summed E-state index contributed by atoms with van der Waals surface area (Å²) in [6.07, 6.45) is -3.59. The molecule has 138 valence electrons. The summed E-state index contributed by atoms with van der Waals surface area (Å²) in [4.78, 5) is 0. The zero-order valence-electron chi connectivity index (χ0n) is 15.0. The molecule has 0 saturated carbocycles. The van der Waals surface area contributed by atoms with Gasteiger partial charge in [0.25, 0.3) is 0 Å². The lowest BCUT2D eigenvalue weighted by Crippen LogP contribution is -2.29. The standard InChI is InChI=1S/C14H12F2N2O3.2C2H6/c1-2-7-3-9(18)4-8-5-11(15)10(6-17)13(12(7)8)21-14(16,19)20;2*1-2/h3-5,19-20H,2,18H2,1H3;2*1-2H3. The van der Waals surface area contributed by atoms with Gasteiger partial charge in [-0.1, -0.05) is 34.6 Å². The van der Waals surface area contributed by atoms with Crippen LogP contribution in [0.25, 0.3) is 10.8 Å². The van der Waals surface area contributed by atoms with Crippen LogP contribution in [0.3, 0.4) is 0 Å². The topological polar surface area (TPSA) is 99.5 Å². The Morgan fingerprint density at radius 2 is 1.76 bits per heavy atom. The number of fused-ring (bicyclic) bond motifs is 1. The van der Waals surface area contributed by atoms with E-state index in [4.69, 9.17) is 21.2 Å². The number of nitrogen functional groups attached to an aromatic ring is 1. The largest absolute Gasteiger partial charge is 0.492 e. The van der Waals surface area contributed by atoms with E-state index in [0.29, 0.717) is 17.7 Å². The van der Waals surface area contributed by atoms with Crippen LogP contribution in [0.2, 0.25) is 0 Å². The zero-order valence-corrected chi connectivity index (χ0v) is 15.0. The molecule has 25 heavy (non-hydrogen) atoms. The molecule has 2 aromatic rings. The molecule has 0 aliphatic heterocycles. The minimum atomic E-state index is -4.03. The van der Waals surface area contributed by atoms with Crippen LogP contribution in [0.15, 0.2) is 18.2 Å². The lowest BCUT2D eigenvalue weighted by Gasteiger charge is -2.18. The van der Waals surface area contributed by atoms with Crippen LogP contribution in [0.5, 0.6) is 5.75 Å². The first-order valence-corrected chi connectivity index (χ1v) is 8.04. The van der Waals surface area contributed by atoms with Gasteiger partial charge in [-0.3, -0.25) is 0 Å². The van der Waals surface area contributed by atoms with E-state index < -0.39 is 23.4 Å². The van der Waals surface area contributed by atoms with E-state index in [1.54, 1.807) is 13.0 Å². The summed E-state index contributed by atoms with van der Waals surface area (Å²) < 4.78 is 31.2. The number of nitriles is 1. The number of aryl methyl sites for hydroxylation is 1. The maximum absolute atomic E-state index is 13.9. The molecule has 0 spiro atoms. The van der Waals surface area contributed by atoms with Crippen molar-refractivity contribution in [2.75, 3.05) is 5.73 Å². The fraction of sp³-hybridized carbons (Fsp3) is 0.389. The van der Waals surface area contributed by atoms with E-state index in [-0.39, 0.29) is 10.8 Å². The molecule has 0 aliphatic carbocycles. The Bertz CT molecular complexity index is 751. The second kappa shape index (κ2) is 9.77. The summed E-state index contributed by atoms with van der Waals surface area (Å²) in [5.74, 6) is -1.55. The van der Waals surface area contributed by atoms with Gasteiger partial charge in [-0.15, -0.1) is 4.39 Å². The van der Waals surface area contributed by atoms with Crippen LogP contribution in [-0.4, -0.2) is 16.4 Å². The number of hydrogen-bond donors (Lipinski definition) is 3. The van der Waals surface area contributed by atoms with E-state index in [1.807, 2.05) is 27.7 Å². The summed E-state index contributed by atoms with van der Waals surface area (Å²) in [6, 6.07) is 5.56. The zero-order chi connectivity index (χ0) is 19.8. The molecule has 0 saturated heterocycles. The first-order chi connectivity index (χ1) is 11.8. The maximum atomic E-state index is 13.9. The van der Waals surface area contributed by atoms with Crippen molar-refractivity contribution in [3.8, 4) is 11.8 Å². The SMILES string of the molecule is CC.CC.CCc1cc(N)cc2cc(F)c(C#N)c(OC(O)(O)F)c12. The number of rotatable bonds is 3. The number of alkyl halides is 1. The molecule has 7 heteroatoms. The molecule has 5 nitrogen and oxygen atoms in total. The van der Waals surface area contributed by atoms with Gasteiger partial charge in [0.2, 0.25) is 0 Å². The highest BCUT2D eigenvalue weighted by molar-refractivity contribution is 5.95. The molecule has 0 unspecified atom stereocenters. The number of hydrogen-bond acceptors (Lipinski definition) is 5. The Morgan fingerprint density at radius 1 is 1.20 bits per heavy atom. The van der Waals surface area contributed by atoms with Gasteiger partial charge in [-0.2, -0.15) is 5.26 Å². The molecule has 0 aromatic heterocycles. The van der Waals surface area contributed by atoms with Gasteiger partial charge in [0.1, 0.15) is 17.4 Å². The summed E-state index contributed by atoms with van der Waals surface area (Å²) in [5.41, 5.74) is 5.99. The second-order valence-electron chi connectivity index (χ2n) is 4.44. The molecule has 0 radical (unpaired) electrons. The van der Waals surface area contributed by atoms with Gasteiger partial charge in [-0.25, -0.2) is 4.39 Å². The van der Waals surface area contributed by atoms with Gasteiger partial charge in [0.15, 0.2) is 5.75 Å². The lowest BCUT2D eigenvalue weighted by atomic mass is 9.98. The van der Waals surface area contributed by atoms with E-state index in [1.165, 1.54) is 12.1 Å².